The van der Waals surface area contributed by atoms with Crippen LogP contribution in [0.15, 0.2) is 53.9 Å². The highest BCUT2D eigenvalue weighted by Gasteiger charge is 2.22. The fourth-order valence-corrected chi connectivity index (χ4v) is 4.09. The molecule has 4 nitrogen and oxygen atoms in total. The summed E-state index contributed by atoms with van der Waals surface area (Å²) >= 11 is 1.39. The van der Waals surface area contributed by atoms with Crippen molar-refractivity contribution in [1.29, 1.82) is 0 Å². The summed E-state index contributed by atoms with van der Waals surface area (Å²) in [5.41, 5.74) is 4.98. The maximum Gasteiger partial charge on any atom is 0.258 e. The fraction of sp³-hybridized carbons (Fsp3) is 0.250. The van der Waals surface area contributed by atoms with Crippen LogP contribution >= 0.6 is 11.3 Å². The topological polar surface area (TPSA) is 58.2 Å². The van der Waals surface area contributed by atoms with Crippen molar-refractivity contribution in [3.05, 3.63) is 81.7 Å². The lowest BCUT2D eigenvalue weighted by Gasteiger charge is -2.12. The smallest absolute Gasteiger partial charge is 0.258 e. The molecule has 0 spiro atoms. The van der Waals surface area contributed by atoms with Crippen molar-refractivity contribution in [2.75, 3.05) is 10.6 Å². The van der Waals surface area contributed by atoms with Crippen molar-refractivity contribution in [2.24, 2.45) is 5.92 Å². The van der Waals surface area contributed by atoms with Crippen molar-refractivity contribution in [3.63, 3.8) is 0 Å². The number of hydrogen-bond acceptors (Lipinski definition) is 3. The van der Waals surface area contributed by atoms with Crippen LogP contribution in [-0.2, 0) is 6.42 Å². The van der Waals surface area contributed by atoms with E-state index in [-0.39, 0.29) is 11.8 Å². The minimum atomic E-state index is -0.215. The molecule has 3 rings (SSSR count). The van der Waals surface area contributed by atoms with E-state index in [1.165, 1.54) is 11.3 Å². The second kappa shape index (κ2) is 9.05. The van der Waals surface area contributed by atoms with Gasteiger partial charge < -0.3 is 10.6 Å². The Bertz CT molecular complexity index is 1020. The Morgan fingerprint density at radius 1 is 0.931 bits per heavy atom. The van der Waals surface area contributed by atoms with Crippen LogP contribution in [0.25, 0.3) is 0 Å². The molecule has 2 amide bonds. The molecule has 1 aromatic heterocycles. The summed E-state index contributed by atoms with van der Waals surface area (Å²) in [6, 6.07) is 15.1. The number of anilines is 2. The highest BCUT2D eigenvalue weighted by atomic mass is 32.1. The molecular formula is C24H26N2O2S. The van der Waals surface area contributed by atoms with Gasteiger partial charge in [-0.3, -0.25) is 9.59 Å². The van der Waals surface area contributed by atoms with Gasteiger partial charge in [0.25, 0.3) is 11.8 Å². The van der Waals surface area contributed by atoms with Crippen LogP contribution < -0.4 is 10.6 Å². The van der Waals surface area contributed by atoms with Gasteiger partial charge in [0.05, 0.1) is 5.56 Å². The lowest BCUT2D eigenvalue weighted by molar-refractivity contribution is 0.102. The van der Waals surface area contributed by atoms with E-state index in [1.807, 2.05) is 55.6 Å². The first kappa shape index (κ1) is 20.8. The molecule has 0 saturated heterocycles. The van der Waals surface area contributed by atoms with Crippen LogP contribution in [0.1, 0.15) is 51.3 Å². The SMILES string of the molecule is Cc1ccc(C(=O)Nc2scc(CC(C)C)c2C(=O)Nc2cccc(C)c2)cc1. The van der Waals surface area contributed by atoms with E-state index in [2.05, 4.69) is 24.5 Å². The first-order chi connectivity index (χ1) is 13.8. The Morgan fingerprint density at radius 3 is 2.31 bits per heavy atom. The molecule has 0 aliphatic carbocycles. The van der Waals surface area contributed by atoms with Crippen molar-refractivity contribution in [3.8, 4) is 0 Å². The number of aryl methyl sites for hydroxylation is 2. The lowest BCUT2D eigenvalue weighted by atomic mass is 10.0. The number of nitrogens with one attached hydrogen (secondary N) is 2. The molecule has 2 N–H and O–H groups in total. The number of carbonyl (C=O) groups is 2. The van der Waals surface area contributed by atoms with E-state index in [9.17, 15) is 9.59 Å². The van der Waals surface area contributed by atoms with Gasteiger partial charge in [-0.15, -0.1) is 11.3 Å². The van der Waals surface area contributed by atoms with Crippen LogP contribution in [0.4, 0.5) is 10.7 Å². The van der Waals surface area contributed by atoms with Crippen molar-refractivity contribution in [2.45, 2.75) is 34.1 Å². The van der Waals surface area contributed by atoms with Crippen LogP contribution in [-0.4, -0.2) is 11.8 Å². The van der Waals surface area contributed by atoms with Crippen LogP contribution in [0.3, 0.4) is 0 Å². The van der Waals surface area contributed by atoms with E-state index >= 15 is 0 Å². The van der Waals surface area contributed by atoms with Crippen molar-refractivity contribution >= 4 is 33.8 Å². The average Bonchev–Trinajstić information content (AvgIpc) is 3.03. The number of thiophene rings is 1. The summed E-state index contributed by atoms with van der Waals surface area (Å²) in [5.74, 6) is -0.0185. The van der Waals surface area contributed by atoms with Gasteiger partial charge in [-0.05, 0) is 67.0 Å². The zero-order valence-electron chi connectivity index (χ0n) is 17.2. The molecule has 0 radical (unpaired) electrons. The molecule has 2 aromatic carbocycles. The maximum atomic E-state index is 13.1. The molecule has 0 saturated carbocycles. The summed E-state index contributed by atoms with van der Waals surface area (Å²) in [6.07, 6.45) is 0.771. The van der Waals surface area contributed by atoms with Gasteiger partial charge in [-0.1, -0.05) is 43.7 Å². The van der Waals surface area contributed by atoms with Gasteiger partial charge in [-0.2, -0.15) is 0 Å². The predicted octanol–water partition coefficient (Wildman–Crippen LogP) is 6.07. The quantitative estimate of drug-likeness (QED) is 0.522. The first-order valence-electron chi connectivity index (χ1n) is 9.70. The molecule has 1 heterocycles. The second-order valence-corrected chi connectivity index (χ2v) is 8.59. The van der Waals surface area contributed by atoms with Gasteiger partial charge in [0.1, 0.15) is 5.00 Å². The number of hydrogen-bond donors (Lipinski definition) is 2. The number of amides is 2. The van der Waals surface area contributed by atoms with E-state index < -0.39 is 0 Å². The largest absolute Gasteiger partial charge is 0.322 e. The molecule has 0 unspecified atom stereocenters. The molecule has 0 fully saturated rings. The Hall–Kier alpha value is -2.92. The highest BCUT2D eigenvalue weighted by Crippen LogP contribution is 2.31. The van der Waals surface area contributed by atoms with Gasteiger partial charge in [0.15, 0.2) is 0 Å². The van der Waals surface area contributed by atoms with Crippen molar-refractivity contribution in [1.82, 2.24) is 0 Å². The van der Waals surface area contributed by atoms with Crippen molar-refractivity contribution < 1.29 is 9.59 Å². The minimum Gasteiger partial charge on any atom is -0.322 e. The van der Waals surface area contributed by atoms with Gasteiger partial charge in [0, 0.05) is 11.3 Å². The number of benzene rings is 2. The van der Waals surface area contributed by atoms with E-state index in [0.29, 0.717) is 22.0 Å². The third-order valence-electron chi connectivity index (χ3n) is 4.54. The molecule has 0 aliphatic rings. The third-order valence-corrected chi connectivity index (χ3v) is 5.48. The Morgan fingerprint density at radius 2 is 1.66 bits per heavy atom. The molecule has 29 heavy (non-hydrogen) atoms. The monoisotopic (exact) mass is 406 g/mol. The fourth-order valence-electron chi connectivity index (χ4n) is 3.12. The van der Waals surface area contributed by atoms with Crippen LogP contribution in [0, 0.1) is 19.8 Å². The minimum absolute atomic E-state index is 0.202. The summed E-state index contributed by atoms with van der Waals surface area (Å²) in [4.78, 5) is 25.8. The molecule has 0 bridgehead atoms. The first-order valence-corrected chi connectivity index (χ1v) is 10.6. The predicted molar refractivity (Wildman–Crippen MR) is 121 cm³/mol. The zero-order valence-corrected chi connectivity index (χ0v) is 18.0. The molecule has 5 heteroatoms. The zero-order chi connectivity index (χ0) is 21.0. The Kier molecular flexibility index (Phi) is 6.49. The lowest BCUT2D eigenvalue weighted by Crippen LogP contribution is -2.18. The van der Waals surface area contributed by atoms with Gasteiger partial charge >= 0.3 is 0 Å². The second-order valence-electron chi connectivity index (χ2n) is 7.71. The summed E-state index contributed by atoms with van der Waals surface area (Å²) in [5, 5.41) is 8.46. The van der Waals surface area contributed by atoms with Crippen LogP contribution in [0.5, 0.6) is 0 Å². The van der Waals surface area contributed by atoms with Gasteiger partial charge in [0.2, 0.25) is 0 Å². The maximum absolute atomic E-state index is 13.1. The summed E-state index contributed by atoms with van der Waals surface area (Å²) in [6.45, 7) is 8.19. The van der Waals surface area contributed by atoms with E-state index in [0.717, 1.165) is 28.8 Å². The standard InChI is InChI=1S/C24H26N2O2S/c1-15(2)12-19-14-29-24(26-22(27)18-10-8-16(3)9-11-18)21(19)23(28)25-20-7-5-6-17(4)13-20/h5-11,13-15H,12H2,1-4H3,(H,25,28)(H,26,27). The molecule has 0 atom stereocenters. The average molecular weight is 407 g/mol. The normalized spacial score (nSPS) is 10.8. The Labute approximate surface area is 176 Å². The summed E-state index contributed by atoms with van der Waals surface area (Å²) < 4.78 is 0. The van der Waals surface area contributed by atoms with Gasteiger partial charge in [-0.25, -0.2) is 0 Å². The molecule has 0 aliphatic heterocycles. The van der Waals surface area contributed by atoms with Crippen LogP contribution in [0.2, 0.25) is 0 Å². The van der Waals surface area contributed by atoms with E-state index in [4.69, 9.17) is 0 Å². The molecule has 150 valence electrons. The molecule has 3 aromatic rings. The Balaban J connectivity index is 1.89. The summed E-state index contributed by atoms with van der Waals surface area (Å²) in [7, 11) is 0. The van der Waals surface area contributed by atoms with E-state index in [1.54, 1.807) is 12.1 Å². The highest BCUT2D eigenvalue weighted by molar-refractivity contribution is 7.15. The number of carbonyl (C=O) groups excluding carboxylic acids is 2. The third kappa shape index (κ3) is 5.33. The molecular weight excluding hydrogens is 380 g/mol. The number of rotatable bonds is 6.